The molecule has 0 spiro atoms. The van der Waals surface area contributed by atoms with Crippen LogP contribution in [-0.4, -0.2) is 16.1 Å². The molecule has 0 aliphatic rings. The highest BCUT2D eigenvalue weighted by atomic mass is 16.4. The Labute approximate surface area is 102 Å². The first-order valence-electron chi connectivity index (χ1n) is 5.34. The van der Waals surface area contributed by atoms with Gasteiger partial charge < -0.3 is 13.9 Å². The van der Waals surface area contributed by atoms with Crippen LogP contribution in [0.3, 0.4) is 0 Å². The summed E-state index contributed by atoms with van der Waals surface area (Å²) in [6.45, 7) is 1.87. The summed E-state index contributed by atoms with van der Waals surface area (Å²) in [6.07, 6.45) is 1.54. The van der Waals surface area contributed by atoms with Gasteiger partial charge in [0.2, 0.25) is 0 Å². The van der Waals surface area contributed by atoms with E-state index < -0.39 is 5.97 Å². The van der Waals surface area contributed by atoms with Crippen LogP contribution >= 0.6 is 0 Å². The quantitative estimate of drug-likeness (QED) is 0.748. The van der Waals surface area contributed by atoms with Crippen LogP contribution in [-0.2, 0) is 0 Å². The van der Waals surface area contributed by atoms with Gasteiger partial charge in [0.05, 0.1) is 6.26 Å². The third kappa shape index (κ3) is 1.48. The van der Waals surface area contributed by atoms with Crippen molar-refractivity contribution in [2.75, 3.05) is 0 Å². The van der Waals surface area contributed by atoms with Crippen LogP contribution in [0.15, 0.2) is 39.4 Å². The molecule has 5 heteroatoms. The van der Waals surface area contributed by atoms with Gasteiger partial charge in [-0.3, -0.25) is 0 Å². The molecule has 1 aromatic carbocycles. The van der Waals surface area contributed by atoms with Crippen LogP contribution in [0.1, 0.15) is 15.9 Å². The Hall–Kier alpha value is -2.56. The van der Waals surface area contributed by atoms with Gasteiger partial charge in [-0.15, -0.1) is 0 Å². The van der Waals surface area contributed by atoms with Crippen LogP contribution in [0, 0.1) is 6.92 Å². The Balaban J connectivity index is 2.26. The van der Waals surface area contributed by atoms with E-state index >= 15 is 0 Å². The maximum absolute atomic E-state index is 11.1. The summed E-state index contributed by atoms with van der Waals surface area (Å²) in [5.41, 5.74) is 1.74. The molecule has 0 atom stereocenters. The van der Waals surface area contributed by atoms with Crippen LogP contribution in [0.5, 0.6) is 0 Å². The minimum absolute atomic E-state index is 0.0930. The van der Waals surface area contributed by atoms with Gasteiger partial charge in [0, 0.05) is 5.56 Å². The van der Waals surface area contributed by atoms with E-state index in [9.17, 15) is 4.79 Å². The lowest BCUT2D eigenvalue weighted by atomic mass is 10.2. The van der Waals surface area contributed by atoms with E-state index in [1.54, 1.807) is 18.2 Å². The van der Waals surface area contributed by atoms with Crippen molar-refractivity contribution in [1.29, 1.82) is 0 Å². The molecule has 0 bridgehead atoms. The number of nitrogens with zero attached hydrogens (tertiary/aromatic N) is 1. The fraction of sp³-hybridized carbons (Fsp3) is 0.0769. The summed E-state index contributed by atoms with van der Waals surface area (Å²) in [6, 6.07) is 6.61. The van der Waals surface area contributed by atoms with Crippen LogP contribution in [0.4, 0.5) is 0 Å². The number of aromatic carboxylic acids is 1. The van der Waals surface area contributed by atoms with E-state index in [-0.39, 0.29) is 11.1 Å². The second kappa shape index (κ2) is 3.73. The monoisotopic (exact) mass is 243 g/mol. The van der Waals surface area contributed by atoms with Crippen LogP contribution in [0.2, 0.25) is 0 Å². The number of rotatable bonds is 2. The maximum Gasteiger partial charge on any atom is 0.339 e. The molecule has 0 unspecified atom stereocenters. The number of carboxylic acid groups (broad SMARTS) is 1. The number of para-hydroxylation sites is 1. The molecule has 0 saturated heterocycles. The molecule has 3 rings (SSSR count). The molecule has 1 N–H and O–H groups in total. The zero-order chi connectivity index (χ0) is 12.7. The highest BCUT2D eigenvalue weighted by molar-refractivity contribution is 6.00. The van der Waals surface area contributed by atoms with Gasteiger partial charge in [-0.05, 0) is 25.1 Å². The molecule has 2 heterocycles. The van der Waals surface area contributed by atoms with E-state index in [1.165, 1.54) is 12.3 Å². The zero-order valence-electron chi connectivity index (χ0n) is 9.51. The number of aryl methyl sites for hydroxylation is 1. The highest BCUT2D eigenvalue weighted by Gasteiger charge is 2.17. The molecule has 90 valence electrons. The van der Waals surface area contributed by atoms with Crippen molar-refractivity contribution in [2.24, 2.45) is 0 Å². The summed E-state index contributed by atoms with van der Waals surface area (Å²) in [7, 11) is 0. The van der Waals surface area contributed by atoms with Gasteiger partial charge in [0.1, 0.15) is 11.1 Å². The molecule has 5 nitrogen and oxygen atoms in total. The van der Waals surface area contributed by atoms with Crippen molar-refractivity contribution in [3.8, 4) is 11.7 Å². The Morgan fingerprint density at radius 2 is 2.17 bits per heavy atom. The number of aromatic nitrogens is 1. The Kier molecular flexibility index (Phi) is 2.19. The van der Waals surface area contributed by atoms with E-state index in [2.05, 4.69) is 4.98 Å². The van der Waals surface area contributed by atoms with E-state index in [0.717, 1.165) is 5.56 Å². The number of carbonyl (C=O) groups is 1. The van der Waals surface area contributed by atoms with Gasteiger partial charge in [-0.1, -0.05) is 6.07 Å². The van der Waals surface area contributed by atoms with Gasteiger partial charge in [-0.25, -0.2) is 9.78 Å². The smallest absolute Gasteiger partial charge is 0.339 e. The molecule has 2 aromatic heterocycles. The first-order chi connectivity index (χ1) is 8.66. The molecule has 0 amide bonds. The standard InChI is InChI=1S/C13H9NO4/c1-7-5-6-17-10(7)12-14-9-4-2-3-8(13(15)16)11(9)18-12/h2-6H,1H3,(H,15,16). The first kappa shape index (κ1) is 10.6. The Morgan fingerprint density at radius 1 is 1.33 bits per heavy atom. The number of furan rings is 1. The fourth-order valence-corrected chi connectivity index (χ4v) is 1.81. The molecule has 18 heavy (non-hydrogen) atoms. The lowest BCUT2D eigenvalue weighted by Crippen LogP contribution is -1.95. The predicted molar refractivity (Wildman–Crippen MR) is 63.4 cm³/mol. The normalized spacial score (nSPS) is 10.9. The lowest BCUT2D eigenvalue weighted by Gasteiger charge is -1.93. The third-order valence-electron chi connectivity index (χ3n) is 2.70. The first-order valence-corrected chi connectivity index (χ1v) is 5.34. The number of benzene rings is 1. The average molecular weight is 243 g/mol. The van der Waals surface area contributed by atoms with Crippen molar-refractivity contribution in [1.82, 2.24) is 4.98 Å². The van der Waals surface area contributed by atoms with Gasteiger partial charge in [-0.2, -0.15) is 0 Å². The van der Waals surface area contributed by atoms with Crippen LogP contribution < -0.4 is 0 Å². The molecular weight excluding hydrogens is 234 g/mol. The lowest BCUT2D eigenvalue weighted by molar-refractivity contribution is 0.0698. The van der Waals surface area contributed by atoms with Crippen molar-refractivity contribution >= 4 is 17.1 Å². The minimum atomic E-state index is -1.04. The summed E-state index contributed by atoms with van der Waals surface area (Å²) in [4.78, 5) is 15.3. The van der Waals surface area contributed by atoms with Gasteiger partial charge in [0.15, 0.2) is 11.3 Å². The summed E-state index contributed by atoms with van der Waals surface area (Å²) in [5.74, 6) is -0.233. The van der Waals surface area contributed by atoms with Crippen molar-refractivity contribution in [3.05, 3.63) is 41.7 Å². The molecule has 0 aliphatic carbocycles. The predicted octanol–water partition coefficient (Wildman–Crippen LogP) is 3.09. The number of hydrogen-bond donors (Lipinski definition) is 1. The average Bonchev–Trinajstić information content (AvgIpc) is 2.92. The summed E-state index contributed by atoms with van der Waals surface area (Å²) < 4.78 is 10.8. The number of fused-ring (bicyclic) bond motifs is 1. The number of hydrogen-bond acceptors (Lipinski definition) is 4. The molecule has 0 aliphatic heterocycles. The second-order valence-corrected chi connectivity index (χ2v) is 3.91. The van der Waals surface area contributed by atoms with Gasteiger partial charge >= 0.3 is 5.97 Å². The minimum Gasteiger partial charge on any atom is -0.478 e. The Bertz CT molecular complexity index is 738. The second-order valence-electron chi connectivity index (χ2n) is 3.91. The highest BCUT2D eigenvalue weighted by Crippen LogP contribution is 2.28. The van der Waals surface area contributed by atoms with E-state index in [0.29, 0.717) is 17.2 Å². The van der Waals surface area contributed by atoms with E-state index in [4.69, 9.17) is 13.9 Å². The third-order valence-corrected chi connectivity index (χ3v) is 2.70. The number of oxazole rings is 1. The maximum atomic E-state index is 11.1. The summed E-state index contributed by atoms with van der Waals surface area (Å²) >= 11 is 0. The fourth-order valence-electron chi connectivity index (χ4n) is 1.81. The largest absolute Gasteiger partial charge is 0.478 e. The molecular formula is C13H9NO4. The van der Waals surface area contributed by atoms with Crippen molar-refractivity contribution in [2.45, 2.75) is 6.92 Å². The molecule has 0 fully saturated rings. The van der Waals surface area contributed by atoms with Crippen molar-refractivity contribution < 1.29 is 18.7 Å². The molecule has 0 saturated carbocycles. The number of carboxylic acids is 1. The van der Waals surface area contributed by atoms with Gasteiger partial charge in [0.25, 0.3) is 5.89 Å². The van der Waals surface area contributed by atoms with Crippen LogP contribution in [0.25, 0.3) is 22.8 Å². The molecule has 3 aromatic rings. The SMILES string of the molecule is Cc1ccoc1-c1nc2cccc(C(=O)O)c2o1. The Morgan fingerprint density at radius 3 is 2.83 bits per heavy atom. The van der Waals surface area contributed by atoms with E-state index in [1.807, 2.05) is 6.92 Å². The zero-order valence-corrected chi connectivity index (χ0v) is 9.51. The topological polar surface area (TPSA) is 76.5 Å². The van der Waals surface area contributed by atoms with Crippen molar-refractivity contribution in [3.63, 3.8) is 0 Å². The molecule has 0 radical (unpaired) electrons. The summed E-state index contributed by atoms with van der Waals surface area (Å²) in [5, 5.41) is 9.07.